The Labute approximate surface area is 179 Å². The van der Waals surface area contributed by atoms with Crippen LogP contribution in [0.5, 0.6) is 5.75 Å². The minimum atomic E-state index is -0.168. The van der Waals surface area contributed by atoms with Gasteiger partial charge in [-0.15, -0.1) is 0 Å². The fraction of sp³-hybridized carbons (Fsp3) is 0.333. The maximum Gasteiger partial charge on any atom is 0.246 e. The monoisotopic (exact) mass is 433 g/mol. The zero-order valence-electron chi connectivity index (χ0n) is 15.7. The summed E-state index contributed by atoms with van der Waals surface area (Å²) in [5.41, 5.74) is 4.96. The highest BCUT2D eigenvalue weighted by Gasteiger charge is 2.28. The molecule has 6 nitrogen and oxygen atoms in total. The number of hydrazone groups is 1. The molecule has 1 fully saturated rings. The van der Waals surface area contributed by atoms with E-state index >= 15 is 0 Å². The molecule has 0 aliphatic carbocycles. The van der Waals surface area contributed by atoms with E-state index in [9.17, 15) is 4.79 Å². The molecule has 0 saturated carbocycles. The van der Waals surface area contributed by atoms with Crippen molar-refractivity contribution >= 4 is 34.8 Å². The van der Waals surface area contributed by atoms with Crippen LogP contribution < -0.4 is 15.5 Å². The van der Waals surface area contributed by atoms with Crippen LogP contribution in [0, 0.1) is 5.92 Å². The number of rotatable bonds is 5. The third-order valence-corrected chi connectivity index (χ3v) is 5.72. The molecule has 2 aliphatic heterocycles. The second-order valence-corrected chi connectivity index (χ2v) is 7.82. The second kappa shape index (κ2) is 9.13. The third kappa shape index (κ3) is 4.73. The number of amides is 1. The van der Waals surface area contributed by atoms with Gasteiger partial charge in [0.2, 0.25) is 5.91 Å². The Morgan fingerprint density at radius 1 is 1.17 bits per heavy atom. The lowest BCUT2D eigenvalue weighted by atomic mass is 9.96. The van der Waals surface area contributed by atoms with Crippen LogP contribution in [0.1, 0.15) is 23.7 Å². The fourth-order valence-electron chi connectivity index (χ4n) is 3.54. The van der Waals surface area contributed by atoms with E-state index in [1.165, 1.54) is 0 Å². The molecule has 0 aromatic heterocycles. The molecule has 2 aromatic carbocycles. The van der Waals surface area contributed by atoms with E-state index in [1.54, 1.807) is 6.07 Å². The number of ether oxygens (including phenoxy) is 2. The van der Waals surface area contributed by atoms with Gasteiger partial charge in [-0.3, -0.25) is 4.79 Å². The van der Waals surface area contributed by atoms with E-state index in [2.05, 4.69) is 15.8 Å². The van der Waals surface area contributed by atoms with E-state index in [4.69, 9.17) is 32.7 Å². The number of carbonyl (C=O) groups is 1. The van der Waals surface area contributed by atoms with Crippen molar-refractivity contribution in [1.29, 1.82) is 0 Å². The molecule has 0 radical (unpaired) electrons. The molecule has 8 heteroatoms. The molecule has 1 amide bonds. The first-order valence-electron chi connectivity index (χ1n) is 9.46. The molecular formula is C21H21Cl2N3O3. The molecule has 4 rings (SSSR count). The molecular weight excluding hydrogens is 413 g/mol. The first kappa shape index (κ1) is 20.2. The van der Waals surface area contributed by atoms with Crippen LogP contribution in [0.25, 0.3) is 0 Å². The summed E-state index contributed by atoms with van der Waals surface area (Å²) in [5.74, 6) is 0.642. The summed E-state index contributed by atoms with van der Waals surface area (Å²) in [6.07, 6.45) is 0.0828. The van der Waals surface area contributed by atoms with E-state index < -0.39 is 0 Å². The Morgan fingerprint density at radius 2 is 2.03 bits per heavy atom. The summed E-state index contributed by atoms with van der Waals surface area (Å²) in [4.78, 5) is 11.5. The molecule has 0 bridgehead atoms. The highest BCUT2D eigenvalue weighted by Crippen LogP contribution is 2.33. The van der Waals surface area contributed by atoms with Crippen molar-refractivity contribution in [2.24, 2.45) is 11.0 Å². The number of nitrogens with one attached hydrogen (secondary N) is 2. The number of halogens is 2. The Kier molecular flexibility index (Phi) is 6.35. The van der Waals surface area contributed by atoms with Crippen molar-refractivity contribution in [2.75, 3.05) is 26.3 Å². The number of para-hydroxylation sites is 1. The maximum atomic E-state index is 11.5. The Hall–Kier alpha value is -2.12. The number of benzene rings is 2. The van der Waals surface area contributed by atoms with Crippen LogP contribution in [0.3, 0.4) is 0 Å². The smallest absolute Gasteiger partial charge is 0.246 e. The topological polar surface area (TPSA) is 72.0 Å². The van der Waals surface area contributed by atoms with Crippen LogP contribution in [0.4, 0.5) is 0 Å². The highest BCUT2D eigenvalue weighted by molar-refractivity contribution is 6.42. The quantitative estimate of drug-likeness (QED) is 0.755. The van der Waals surface area contributed by atoms with Crippen LogP contribution in [-0.2, 0) is 9.53 Å². The molecule has 2 N–H and O–H groups in total. The first-order valence-corrected chi connectivity index (χ1v) is 10.2. The molecule has 2 atom stereocenters. The van der Waals surface area contributed by atoms with Gasteiger partial charge >= 0.3 is 0 Å². The largest absolute Gasteiger partial charge is 0.492 e. The van der Waals surface area contributed by atoms with Gasteiger partial charge in [-0.05, 0) is 29.8 Å². The maximum absolute atomic E-state index is 11.5. The average molecular weight is 434 g/mol. The molecule has 2 heterocycles. The zero-order chi connectivity index (χ0) is 20.2. The molecule has 152 valence electrons. The fourth-order valence-corrected chi connectivity index (χ4v) is 3.84. The minimum Gasteiger partial charge on any atom is -0.492 e. The molecule has 29 heavy (non-hydrogen) atoms. The van der Waals surface area contributed by atoms with Crippen LogP contribution in [0.15, 0.2) is 47.6 Å². The lowest BCUT2D eigenvalue weighted by Gasteiger charge is -2.26. The van der Waals surface area contributed by atoms with E-state index in [-0.39, 0.29) is 24.3 Å². The summed E-state index contributed by atoms with van der Waals surface area (Å²) < 4.78 is 12.3. The lowest BCUT2D eigenvalue weighted by Crippen LogP contribution is -2.29. The van der Waals surface area contributed by atoms with Crippen LogP contribution in [0.2, 0.25) is 10.0 Å². The van der Waals surface area contributed by atoms with Crippen molar-refractivity contribution in [3.8, 4) is 5.75 Å². The van der Waals surface area contributed by atoms with Crippen molar-refractivity contribution < 1.29 is 14.3 Å². The average Bonchev–Trinajstić information content (AvgIpc) is 3.02. The van der Waals surface area contributed by atoms with Crippen LogP contribution in [-0.4, -0.2) is 37.9 Å². The van der Waals surface area contributed by atoms with Gasteiger partial charge in [-0.2, -0.15) is 5.10 Å². The van der Waals surface area contributed by atoms with Crippen LogP contribution >= 0.6 is 23.2 Å². The van der Waals surface area contributed by atoms with Gasteiger partial charge in [0.25, 0.3) is 0 Å². The second-order valence-electron chi connectivity index (χ2n) is 7.01. The SMILES string of the molecule is O=C1CC(c2ccccc2OC[C@@H]2CNCCO[C@H]2c2ccc(Cl)c(Cl)c2)=NN1. The van der Waals surface area contributed by atoms with Gasteiger partial charge in [0, 0.05) is 24.6 Å². The number of nitrogens with zero attached hydrogens (tertiary/aromatic N) is 1. The summed E-state index contributed by atoms with van der Waals surface area (Å²) in [7, 11) is 0. The van der Waals surface area contributed by atoms with Crippen molar-refractivity contribution in [2.45, 2.75) is 12.5 Å². The van der Waals surface area contributed by atoms with Gasteiger partial charge < -0.3 is 14.8 Å². The Balaban J connectivity index is 1.53. The number of hydrogen-bond donors (Lipinski definition) is 2. The Bertz CT molecular complexity index is 935. The summed E-state index contributed by atoms with van der Waals surface area (Å²) in [6.45, 7) is 2.55. The van der Waals surface area contributed by atoms with E-state index in [0.717, 1.165) is 24.2 Å². The molecule has 2 aromatic rings. The molecule has 0 unspecified atom stereocenters. The molecule has 1 saturated heterocycles. The van der Waals surface area contributed by atoms with Crippen molar-refractivity contribution in [3.63, 3.8) is 0 Å². The predicted molar refractivity (Wildman–Crippen MR) is 113 cm³/mol. The van der Waals surface area contributed by atoms with Gasteiger partial charge in [0.15, 0.2) is 0 Å². The molecule has 2 aliphatic rings. The third-order valence-electron chi connectivity index (χ3n) is 4.98. The van der Waals surface area contributed by atoms with Gasteiger partial charge in [-0.1, -0.05) is 41.4 Å². The minimum absolute atomic E-state index is 0.0630. The first-order chi connectivity index (χ1) is 14.1. The molecule has 0 spiro atoms. The predicted octanol–water partition coefficient (Wildman–Crippen LogP) is 3.57. The normalized spacial score (nSPS) is 22.0. The van der Waals surface area contributed by atoms with Gasteiger partial charge in [0.05, 0.1) is 41.5 Å². The van der Waals surface area contributed by atoms with Crippen molar-refractivity contribution in [3.05, 3.63) is 63.6 Å². The Morgan fingerprint density at radius 3 is 2.83 bits per heavy atom. The lowest BCUT2D eigenvalue weighted by molar-refractivity contribution is -0.119. The van der Waals surface area contributed by atoms with Gasteiger partial charge in [0.1, 0.15) is 5.75 Å². The highest BCUT2D eigenvalue weighted by atomic mass is 35.5. The van der Waals surface area contributed by atoms with E-state index in [0.29, 0.717) is 34.7 Å². The zero-order valence-corrected chi connectivity index (χ0v) is 17.2. The standard InChI is InChI=1S/C21H21Cl2N3O3/c22-16-6-5-13(9-17(16)23)21-14(11-24-7-8-28-21)12-29-19-4-2-1-3-15(19)18-10-20(27)26-25-18/h1-6,9,14,21,24H,7-8,10-12H2,(H,26,27)/t14-,21-/m0/s1. The van der Waals surface area contributed by atoms with Crippen molar-refractivity contribution in [1.82, 2.24) is 10.7 Å². The van der Waals surface area contributed by atoms with Gasteiger partial charge in [-0.25, -0.2) is 5.43 Å². The number of hydrogen-bond acceptors (Lipinski definition) is 5. The summed E-state index contributed by atoms with van der Waals surface area (Å²) >= 11 is 12.3. The number of carbonyl (C=O) groups excluding carboxylic acids is 1. The van der Waals surface area contributed by atoms with E-state index in [1.807, 2.05) is 36.4 Å². The summed E-state index contributed by atoms with van der Waals surface area (Å²) in [5, 5.41) is 8.53. The summed E-state index contributed by atoms with van der Waals surface area (Å²) in [6, 6.07) is 13.2.